The molecular formula is C26H32ClF4NO2. The molecule has 1 aliphatic rings. The Balaban J connectivity index is 2.31. The molecule has 1 fully saturated rings. The van der Waals surface area contributed by atoms with Gasteiger partial charge in [0.1, 0.15) is 5.78 Å². The minimum Gasteiger partial charge on any atom is -0.405 e. The van der Waals surface area contributed by atoms with Crippen molar-refractivity contribution in [2.24, 2.45) is 11.7 Å². The van der Waals surface area contributed by atoms with Crippen molar-refractivity contribution in [2.45, 2.75) is 75.7 Å². The minimum absolute atomic E-state index is 0.0754. The fourth-order valence-electron chi connectivity index (χ4n) is 4.45. The van der Waals surface area contributed by atoms with Crippen molar-refractivity contribution in [3.63, 3.8) is 0 Å². The fraction of sp³-hybridized carbons (Fsp3) is 0.500. The fourth-order valence-corrected chi connectivity index (χ4v) is 4.81. The van der Waals surface area contributed by atoms with Gasteiger partial charge in [0.25, 0.3) is 5.92 Å². The second kappa shape index (κ2) is 11.1. The number of benzene rings is 1. The van der Waals surface area contributed by atoms with E-state index < -0.39 is 53.5 Å². The minimum atomic E-state index is -3.29. The highest BCUT2D eigenvalue weighted by molar-refractivity contribution is 6.32. The number of allylic oxidation sites excluding steroid dienone is 3. The van der Waals surface area contributed by atoms with Gasteiger partial charge in [-0.05, 0) is 42.7 Å². The Labute approximate surface area is 203 Å². The zero-order valence-corrected chi connectivity index (χ0v) is 20.2. The number of carbonyl (C=O) groups excluding carboxylic acids is 1. The predicted octanol–water partition coefficient (Wildman–Crippen LogP) is 6.96. The van der Waals surface area contributed by atoms with E-state index >= 15 is 0 Å². The number of nitrogens with two attached hydrogens (primary N) is 1. The Kier molecular flexibility index (Phi) is 9.16. The van der Waals surface area contributed by atoms with Gasteiger partial charge >= 0.3 is 0 Å². The number of hydrogen-bond donors (Lipinski definition) is 2. The van der Waals surface area contributed by atoms with Crippen LogP contribution in [0.15, 0.2) is 53.7 Å². The number of aliphatic hydroxyl groups is 1. The third-order valence-electron chi connectivity index (χ3n) is 6.58. The second-order valence-electron chi connectivity index (χ2n) is 9.12. The Morgan fingerprint density at radius 1 is 1.29 bits per heavy atom. The van der Waals surface area contributed by atoms with Gasteiger partial charge in [-0.25, -0.2) is 17.6 Å². The van der Waals surface area contributed by atoms with E-state index in [1.54, 1.807) is 18.2 Å². The summed E-state index contributed by atoms with van der Waals surface area (Å²) < 4.78 is 55.5. The molecule has 0 saturated heterocycles. The molecule has 2 atom stereocenters. The monoisotopic (exact) mass is 501 g/mol. The molecule has 0 bridgehead atoms. The molecule has 0 spiro atoms. The maximum absolute atomic E-state index is 13.9. The lowest BCUT2D eigenvalue weighted by molar-refractivity contribution is -0.124. The highest BCUT2D eigenvalue weighted by atomic mass is 35.5. The van der Waals surface area contributed by atoms with E-state index in [4.69, 9.17) is 17.3 Å². The molecule has 188 valence electrons. The molecule has 0 heterocycles. The van der Waals surface area contributed by atoms with Gasteiger partial charge in [0, 0.05) is 42.7 Å². The van der Waals surface area contributed by atoms with Crippen LogP contribution in [0.5, 0.6) is 0 Å². The Hall–Kier alpha value is -2.12. The van der Waals surface area contributed by atoms with Crippen molar-refractivity contribution < 1.29 is 27.5 Å². The lowest BCUT2D eigenvalue weighted by Crippen LogP contribution is -2.43. The first kappa shape index (κ1) is 28.1. The van der Waals surface area contributed by atoms with E-state index in [1.807, 2.05) is 12.1 Å². The maximum Gasteiger partial charge on any atom is 0.271 e. The van der Waals surface area contributed by atoms with Crippen molar-refractivity contribution >= 4 is 23.5 Å². The zero-order valence-electron chi connectivity index (χ0n) is 19.5. The van der Waals surface area contributed by atoms with Gasteiger partial charge in [-0.15, -0.1) is 0 Å². The second-order valence-corrected chi connectivity index (χ2v) is 9.53. The predicted molar refractivity (Wildman–Crippen MR) is 128 cm³/mol. The van der Waals surface area contributed by atoms with E-state index in [0.717, 1.165) is 17.8 Å². The molecule has 8 heteroatoms. The number of alkyl halides is 4. The standard InChI is InChI=1S/C26H32ClF4NO2/c1-4-18-6-5-7-19(16-18)20(25(34)11-13-26(30,31)14-12-25)8-9-22(33)17(2)23(27)21(10-15-32)24(3,28)29/h4-7,10,15-17,20,34H,1,8-9,11-14,32H2,2-3H3/b15-10-,23-21-. The summed E-state index contributed by atoms with van der Waals surface area (Å²) in [6.07, 6.45) is 2.51. The number of rotatable bonds is 10. The molecule has 1 aliphatic carbocycles. The number of hydrogen-bond acceptors (Lipinski definition) is 3. The van der Waals surface area contributed by atoms with Gasteiger partial charge in [-0.1, -0.05) is 55.4 Å². The van der Waals surface area contributed by atoms with Crippen molar-refractivity contribution in [2.75, 3.05) is 0 Å². The Bertz CT molecular complexity index is 942. The molecule has 3 N–H and O–H groups in total. The summed E-state index contributed by atoms with van der Waals surface area (Å²) in [6, 6.07) is 7.19. The molecule has 0 amide bonds. The topological polar surface area (TPSA) is 63.3 Å². The van der Waals surface area contributed by atoms with Gasteiger partial charge < -0.3 is 10.8 Å². The summed E-state index contributed by atoms with van der Waals surface area (Å²) in [5.41, 5.74) is 4.80. The first-order valence-electron chi connectivity index (χ1n) is 11.3. The van der Waals surface area contributed by atoms with Crippen LogP contribution in [-0.4, -0.2) is 28.3 Å². The van der Waals surface area contributed by atoms with Crippen LogP contribution < -0.4 is 5.73 Å². The summed E-state index contributed by atoms with van der Waals surface area (Å²) in [5.74, 6) is -8.15. The normalized spacial score (nSPS) is 20.5. The zero-order chi connectivity index (χ0) is 25.7. The third kappa shape index (κ3) is 6.95. The lowest BCUT2D eigenvalue weighted by atomic mass is 9.69. The van der Waals surface area contributed by atoms with Gasteiger partial charge in [-0.3, -0.25) is 4.79 Å². The van der Waals surface area contributed by atoms with Gasteiger partial charge in [0.05, 0.1) is 11.5 Å². The summed E-state index contributed by atoms with van der Waals surface area (Å²) in [6.45, 7) is 5.84. The third-order valence-corrected chi connectivity index (χ3v) is 7.11. The molecule has 1 aromatic carbocycles. The van der Waals surface area contributed by atoms with E-state index in [0.29, 0.717) is 12.5 Å². The lowest BCUT2D eigenvalue weighted by Gasteiger charge is -2.42. The first-order chi connectivity index (χ1) is 15.7. The van der Waals surface area contributed by atoms with Crippen molar-refractivity contribution in [1.82, 2.24) is 0 Å². The van der Waals surface area contributed by atoms with Gasteiger partial charge in [0.2, 0.25) is 5.92 Å². The molecule has 0 aromatic heterocycles. The highest BCUT2D eigenvalue weighted by Crippen LogP contribution is 2.47. The van der Waals surface area contributed by atoms with Crippen LogP contribution in [0.4, 0.5) is 17.6 Å². The van der Waals surface area contributed by atoms with Crippen molar-refractivity contribution in [3.8, 4) is 0 Å². The number of Topliss-reactive ketones (excluding diaryl/α,β-unsaturated/α-hetero) is 1. The van der Waals surface area contributed by atoms with E-state index in [-0.39, 0.29) is 30.7 Å². The van der Waals surface area contributed by atoms with Crippen LogP contribution in [0.3, 0.4) is 0 Å². The van der Waals surface area contributed by atoms with Gasteiger partial charge in [-0.2, -0.15) is 0 Å². The molecule has 2 rings (SSSR count). The van der Waals surface area contributed by atoms with Gasteiger partial charge in [0.15, 0.2) is 0 Å². The molecule has 0 radical (unpaired) electrons. The average Bonchev–Trinajstić information content (AvgIpc) is 2.78. The largest absolute Gasteiger partial charge is 0.405 e. The highest BCUT2D eigenvalue weighted by Gasteiger charge is 2.47. The molecule has 0 aliphatic heterocycles. The summed E-state index contributed by atoms with van der Waals surface area (Å²) in [7, 11) is 0. The van der Waals surface area contributed by atoms with E-state index in [2.05, 4.69) is 6.58 Å². The quantitative estimate of drug-likeness (QED) is 0.269. The Morgan fingerprint density at radius 2 is 1.91 bits per heavy atom. The molecule has 1 saturated carbocycles. The first-order valence-corrected chi connectivity index (χ1v) is 11.6. The summed E-state index contributed by atoms with van der Waals surface area (Å²) in [4.78, 5) is 12.9. The summed E-state index contributed by atoms with van der Waals surface area (Å²) >= 11 is 6.16. The van der Waals surface area contributed by atoms with Crippen molar-refractivity contribution in [3.05, 3.63) is 64.9 Å². The average molecular weight is 502 g/mol. The van der Waals surface area contributed by atoms with Crippen molar-refractivity contribution in [1.29, 1.82) is 0 Å². The van der Waals surface area contributed by atoms with Crippen LogP contribution >= 0.6 is 11.6 Å². The van der Waals surface area contributed by atoms with Crippen LogP contribution in [0.2, 0.25) is 0 Å². The molecule has 34 heavy (non-hydrogen) atoms. The molecule has 3 nitrogen and oxygen atoms in total. The van der Waals surface area contributed by atoms with Crippen LogP contribution in [0.1, 0.15) is 69.4 Å². The van der Waals surface area contributed by atoms with Crippen LogP contribution in [0, 0.1) is 5.92 Å². The number of ketones is 1. The smallest absolute Gasteiger partial charge is 0.271 e. The molecule has 1 aromatic rings. The molecule has 2 unspecified atom stereocenters. The van der Waals surface area contributed by atoms with Crippen LogP contribution in [0.25, 0.3) is 6.08 Å². The number of halogens is 5. The number of carbonyl (C=O) groups is 1. The van der Waals surface area contributed by atoms with Crippen LogP contribution in [-0.2, 0) is 4.79 Å². The molecular weight excluding hydrogens is 470 g/mol. The maximum atomic E-state index is 13.9. The Morgan fingerprint density at radius 3 is 2.44 bits per heavy atom. The SMILES string of the molecule is C=Cc1cccc(C(CCC(=O)C(C)/C(Cl)=C(\C=C/N)C(C)(F)F)C2(O)CCC(F)(F)CC2)c1. The van der Waals surface area contributed by atoms with E-state index in [1.165, 1.54) is 6.92 Å². The van der Waals surface area contributed by atoms with E-state index in [9.17, 15) is 27.5 Å². The summed E-state index contributed by atoms with van der Waals surface area (Å²) in [5, 5.41) is 11.1.